The third-order valence-electron chi connectivity index (χ3n) is 11.4. The standard InChI is InChI=1S/C45H53Cl2F4N7O7/c1-27(52-22-34-35(48)18-32(47)19-38(34)65-33-13-9-29(10-14-33)37-23-53-39(56(37)4)24-55(2)3)41(62)54-36(25-59)43(64)57(5)44(20-28-7-11-31(46)12-8-28)15-6-16-58(26-44)42(63)30(17-40(60)61)21-45(49,50)51/h7-14,18-19,23,27,30,36,52,59H,6,15-17,20-22,24-26H2,1-5H3,(H,54,62)(H,60,61)/t27-,30-,36-,44+/m0/s1. The van der Waals surface area contributed by atoms with Gasteiger partial charge in [-0.05, 0) is 94.4 Å². The van der Waals surface area contributed by atoms with Crippen molar-refractivity contribution in [2.45, 2.75) is 75.9 Å². The number of piperidine rings is 1. The molecular weight excluding hydrogens is 897 g/mol. The predicted octanol–water partition coefficient (Wildman–Crippen LogP) is 6.45. The van der Waals surface area contributed by atoms with Crippen LogP contribution >= 0.6 is 23.2 Å². The van der Waals surface area contributed by atoms with Crippen LogP contribution in [0.1, 0.15) is 49.6 Å². The molecule has 0 aliphatic carbocycles. The number of nitrogens with zero attached hydrogens (tertiary/aromatic N) is 5. The van der Waals surface area contributed by atoms with E-state index in [0.717, 1.165) is 28.0 Å². The Morgan fingerprint density at radius 3 is 2.31 bits per heavy atom. The Bertz CT molecular complexity index is 2310. The van der Waals surface area contributed by atoms with E-state index in [0.29, 0.717) is 22.9 Å². The molecule has 0 unspecified atom stereocenters. The first-order valence-electron chi connectivity index (χ1n) is 20.7. The fraction of sp³-hybridized carbons (Fsp3) is 0.444. The van der Waals surface area contributed by atoms with Gasteiger partial charge in [0.15, 0.2) is 0 Å². The van der Waals surface area contributed by atoms with E-state index in [1.54, 1.807) is 42.6 Å². The van der Waals surface area contributed by atoms with Crippen LogP contribution in [-0.2, 0) is 45.7 Å². The molecule has 3 aromatic carbocycles. The van der Waals surface area contributed by atoms with Crippen LogP contribution in [0.25, 0.3) is 11.3 Å². The van der Waals surface area contributed by atoms with Crippen molar-refractivity contribution < 1.29 is 51.7 Å². The third kappa shape index (κ3) is 13.4. The van der Waals surface area contributed by atoms with Crippen LogP contribution < -0.4 is 15.4 Å². The van der Waals surface area contributed by atoms with Crippen molar-refractivity contribution in [2.75, 3.05) is 40.8 Å². The molecule has 3 amide bonds. The number of carboxylic acid groups (broad SMARTS) is 1. The SMILES string of the molecule is C[C@H](NCc1c(F)cc(Cl)cc1Oc1ccc(-c2cnc(CN(C)C)n2C)cc1)C(=O)N[C@@H](CO)C(=O)N(C)[C@@]1(Cc2ccc(Cl)cc2)CCCN(C(=O)[C@@H](CC(=O)O)CC(F)(F)F)C1. The molecular formula is C45H53Cl2F4N7O7. The first-order valence-corrected chi connectivity index (χ1v) is 21.5. The molecule has 1 aromatic heterocycles. The van der Waals surface area contributed by atoms with Crippen LogP contribution in [0.5, 0.6) is 11.5 Å². The molecule has 0 spiro atoms. The lowest BCUT2D eigenvalue weighted by Crippen LogP contribution is -2.65. The highest BCUT2D eigenvalue weighted by atomic mass is 35.5. The second-order valence-electron chi connectivity index (χ2n) is 16.6. The van der Waals surface area contributed by atoms with Gasteiger partial charge in [-0.2, -0.15) is 13.2 Å². The van der Waals surface area contributed by atoms with Crippen molar-refractivity contribution >= 4 is 46.9 Å². The van der Waals surface area contributed by atoms with Crippen LogP contribution in [0.15, 0.2) is 66.9 Å². The molecule has 1 aliphatic heterocycles. The van der Waals surface area contributed by atoms with E-state index in [1.165, 1.54) is 24.9 Å². The number of amides is 3. The molecule has 4 atom stereocenters. The van der Waals surface area contributed by atoms with Gasteiger partial charge in [0.2, 0.25) is 17.7 Å². The molecule has 4 aromatic rings. The first-order chi connectivity index (χ1) is 30.6. The van der Waals surface area contributed by atoms with Crippen LogP contribution in [-0.4, -0.2) is 123 Å². The number of aliphatic hydroxyl groups excluding tert-OH is 1. The Kier molecular flexibility index (Phi) is 17.0. The quantitative estimate of drug-likeness (QED) is 0.0768. The zero-order chi connectivity index (χ0) is 47.8. The number of rotatable bonds is 19. The van der Waals surface area contributed by atoms with Gasteiger partial charge >= 0.3 is 12.1 Å². The summed E-state index contributed by atoms with van der Waals surface area (Å²) in [6.07, 6.45) is -5.13. The number of ether oxygens (including phenoxy) is 1. The number of aromatic nitrogens is 2. The van der Waals surface area contributed by atoms with Crippen molar-refractivity contribution in [3.8, 4) is 22.8 Å². The van der Waals surface area contributed by atoms with Crippen molar-refractivity contribution in [2.24, 2.45) is 13.0 Å². The third-order valence-corrected chi connectivity index (χ3v) is 11.9. The van der Waals surface area contributed by atoms with Gasteiger partial charge in [-0.25, -0.2) is 9.37 Å². The van der Waals surface area contributed by atoms with Gasteiger partial charge in [0.05, 0.1) is 55.4 Å². The van der Waals surface area contributed by atoms with Crippen molar-refractivity contribution in [1.29, 1.82) is 0 Å². The number of halogens is 6. The van der Waals surface area contributed by atoms with Crippen LogP contribution in [0, 0.1) is 11.7 Å². The predicted molar refractivity (Wildman–Crippen MR) is 236 cm³/mol. The van der Waals surface area contributed by atoms with Crippen molar-refractivity contribution in [1.82, 2.24) is 34.9 Å². The summed E-state index contributed by atoms with van der Waals surface area (Å²) in [5.74, 6) is -5.35. The number of nitrogens with one attached hydrogen (secondary N) is 2. The minimum absolute atomic E-state index is 0.0120. The average molecular weight is 951 g/mol. The molecule has 0 radical (unpaired) electrons. The Labute approximate surface area is 384 Å². The molecule has 1 fully saturated rings. The van der Waals surface area contributed by atoms with E-state index in [-0.39, 0.29) is 55.2 Å². The molecule has 2 heterocycles. The molecule has 4 N–H and O–H groups in total. The number of likely N-dealkylation sites (tertiary alicyclic amines) is 1. The largest absolute Gasteiger partial charge is 0.481 e. The number of aliphatic hydroxyl groups is 1. The molecule has 5 rings (SSSR count). The Morgan fingerprint density at radius 2 is 1.69 bits per heavy atom. The van der Waals surface area contributed by atoms with E-state index < -0.39 is 78.7 Å². The molecule has 1 aliphatic rings. The monoisotopic (exact) mass is 949 g/mol. The summed E-state index contributed by atoms with van der Waals surface area (Å²) in [5, 5.41) is 25.8. The number of hydrogen-bond acceptors (Lipinski definition) is 9. The summed E-state index contributed by atoms with van der Waals surface area (Å²) in [6, 6.07) is 13.7. The van der Waals surface area contributed by atoms with Crippen LogP contribution in [0.3, 0.4) is 0 Å². The van der Waals surface area contributed by atoms with E-state index >= 15 is 4.39 Å². The van der Waals surface area contributed by atoms with Gasteiger partial charge in [0.1, 0.15) is 29.2 Å². The molecule has 14 nitrogen and oxygen atoms in total. The molecule has 1 saturated heterocycles. The van der Waals surface area contributed by atoms with Gasteiger partial charge in [-0.1, -0.05) is 35.3 Å². The van der Waals surface area contributed by atoms with Crippen LogP contribution in [0.4, 0.5) is 17.6 Å². The highest BCUT2D eigenvalue weighted by Gasteiger charge is 2.46. The number of hydrogen-bond donors (Lipinski definition) is 4. The number of likely N-dealkylation sites (N-methyl/N-ethyl adjacent to an activating group) is 1. The highest BCUT2D eigenvalue weighted by molar-refractivity contribution is 6.31. The number of aliphatic carboxylic acids is 1. The summed E-state index contributed by atoms with van der Waals surface area (Å²) >= 11 is 12.3. The minimum Gasteiger partial charge on any atom is -0.481 e. The summed E-state index contributed by atoms with van der Waals surface area (Å²) in [5.41, 5.74) is 1.20. The van der Waals surface area contributed by atoms with E-state index in [2.05, 4.69) is 15.6 Å². The van der Waals surface area contributed by atoms with E-state index in [9.17, 15) is 42.6 Å². The van der Waals surface area contributed by atoms with Gasteiger partial charge < -0.3 is 44.9 Å². The lowest BCUT2D eigenvalue weighted by Gasteiger charge is -2.49. The van der Waals surface area contributed by atoms with Gasteiger partial charge in [-0.15, -0.1) is 0 Å². The summed E-state index contributed by atoms with van der Waals surface area (Å²) < 4.78 is 64.1. The first kappa shape index (κ1) is 50.7. The fourth-order valence-corrected chi connectivity index (χ4v) is 8.24. The maximum atomic E-state index is 15.5. The smallest absolute Gasteiger partial charge is 0.389 e. The van der Waals surface area contributed by atoms with Crippen LogP contribution in [0.2, 0.25) is 10.0 Å². The average Bonchev–Trinajstić information content (AvgIpc) is 3.59. The van der Waals surface area contributed by atoms with Gasteiger partial charge in [0.25, 0.3) is 0 Å². The fourth-order valence-electron chi connectivity index (χ4n) is 7.92. The Hall–Kier alpha value is -5.27. The summed E-state index contributed by atoms with van der Waals surface area (Å²) in [6.45, 7) is 0.792. The maximum absolute atomic E-state index is 15.5. The lowest BCUT2D eigenvalue weighted by molar-refractivity contribution is -0.166. The zero-order valence-electron chi connectivity index (χ0n) is 36.6. The number of benzene rings is 3. The second kappa shape index (κ2) is 21.8. The number of imidazole rings is 1. The topological polar surface area (TPSA) is 170 Å². The Morgan fingerprint density at radius 1 is 1.02 bits per heavy atom. The molecule has 0 bridgehead atoms. The van der Waals surface area contributed by atoms with E-state index in [1.807, 2.05) is 42.7 Å². The van der Waals surface area contributed by atoms with Crippen molar-refractivity contribution in [3.05, 3.63) is 99.7 Å². The van der Waals surface area contributed by atoms with E-state index in [4.69, 9.17) is 27.9 Å². The maximum Gasteiger partial charge on any atom is 0.389 e. The Balaban J connectivity index is 1.29. The summed E-state index contributed by atoms with van der Waals surface area (Å²) in [7, 11) is 7.24. The summed E-state index contributed by atoms with van der Waals surface area (Å²) in [4.78, 5) is 61.9. The normalized spacial score (nSPS) is 16.8. The van der Waals surface area contributed by atoms with Gasteiger partial charge in [0, 0.05) is 54.9 Å². The molecule has 0 saturated carbocycles. The number of carbonyl (C=O) groups excluding carboxylic acids is 3. The molecule has 20 heteroatoms. The van der Waals surface area contributed by atoms with Crippen molar-refractivity contribution in [3.63, 3.8) is 0 Å². The molecule has 65 heavy (non-hydrogen) atoms. The number of alkyl halides is 3. The lowest BCUT2D eigenvalue weighted by atomic mass is 9.80. The zero-order valence-corrected chi connectivity index (χ0v) is 38.1. The molecule has 352 valence electrons. The minimum atomic E-state index is -4.82. The highest BCUT2D eigenvalue weighted by Crippen LogP contribution is 2.36. The van der Waals surface area contributed by atoms with Gasteiger partial charge in [-0.3, -0.25) is 19.2 Å². The number of carboxylic acids is 1. The second-order valence-corrected chi connectivity index (χ2v) is 17.5. The number of carbonyl (C=O) groups is 4.